The van der Waals surface area contributed by atoms with Gasteiger partial charge in [0.15, 0.2) is 0 Å². The minimum absolute atomic E-state index is 0.101. The number of aldehydes is 1. The predicted octanol–water partition coefficient (Wildman–Crippen LogP) is 2.96. The molecular weight excluding hydrogens is 148 g/mol. The van der Waals surface area contributed by atoms with Crippen molar-refractivity contribution in [3.05, 3.63) is 11.1 Å². The Labute approximate surface area is 74.9 Å². The molecule has 0 aromatic carbocycles. The molecule has 68 valence electrons. The summed E-state index contributed by atoms with van der Waals surface area (Å²) in [5.74, 6) is 0.726. The van der Waals surface area contributed by atoms with Gasteiger partial charge in [0, 0.05) is 0 Å². The van der Waals surface area contributed by atoms with Gasteiger partial charge in [-0.25, -0.2) is 0 Å². The molecule has 0 aliphatic heterocycles. The van der Waals surface area contributed by atoms with E-state index in [4.69, 9.17) is 0 Å². The summed E-state index contributed by atoms with van der Waals surface area (Å²) in [6.45, 7) is 8.67. The molecule has 0 aromatic rings. The Hall–Kier alpha value is -0.590. The van der Waals surface area contributed by atoms with Crippen LogP contribution in [0.1, 0.15) is 40.5 Å². The van der Waals surface area contributed by atoms with Crippen LogP contribution in [0.3, 0.4) is 0 Å². The van der Waals surface area contributed by atoms with Gasteiger partial charge in [-0.15, -0.1) is 0 Å². The Balaban J connectivity index is 3.03. The Bertz CT molecular complexity index is 223. The minimum Gasteiger partial charge on any atom is -0.298 e. The summed E-state index contributed by atoms with van der Waals surface area (Å²) in [6.07, 6.45) is 3.27. The molecule has 0 radical (unpaired) electrons. The Morgan fingerprint density at radius 2 is 2.08 bits per heavy atom. The van der Waals surface area contributed by atoms with E-state index in [-0.39, 0.29) is 5.41 Å². The van der Waals surface area contributed by atoms with E-state index < -0.39 is 0 Å². The molecule has 0 heterocycles. The van der Waals surface area contributed by atoms with Gasteiger partial charge >= 0.3 is 0 Å². The number of carbonyl (C=O) groups is 1. The second kappa shape index (κ2) is 3.04. The standard InChI is InChI=1S/C11H18O/c1-8-5-9(2)10(7-12)11(3,4)6-8/h7-8H,5-6H2,1-4H3/t8-/m1/s1. The molecule has 12 heavy (non-hydrogen) atoms. The summed E-state index contributed by atoms with van der Waals surface area (Å²) in [4.78, 5) is 10.8. The molecule has 0 fully saturated rings. The van der Waals surface area contributed by atoms with Crippen LogP contribution in [-0.2, 0) is 4.79 Å². The Morgan fingerprint density at radius 3 is 2.50 bits per heavy atom. The largest absolute Gasteiger partial charge is 0.298 e. The van der Waals surface area contributed by atoms with Crippen molar-refractivity contribution < 1.29 is 4.79 Å². The second-order valence-electron chi connectivity index (χ2n) is 4.71. The fourth-order valence-corrected chi connectivity index (χ4v) is 2.52. The lowest BCUT2D eigenvalue weighted by Crippen LogP contribution is -2.25. The van der Waals surface area contributed by atoms with Gasteiger partial charge in [0.25, 0.3) is 0 Å². The zero-order chi connectivity index (χ0) is 9.35. The fourth-order valence-electron chi connectivity index (χ4n) is 2.52. The van der Waals surface area contributed by atoms with Gasteiger partial charge < -0.3 is 0 Å². The summed E-state index contributed by atoms with van der Waals surface area (Å²) in [5, 5.41) is 0. The summed E-state index contributed by atoms with van der Waals surface area (Å²) in [7, 11) is 0. The monoisotopic (exact) mass is 166 g/mol. The molecule has 1 heteroatoms. The van der Waals surface area contributed by atoms with E-state index in [1.807, 2.05) is 0 Å². The molecule has 0 unspecified atom stereocenters. The number of allylic oxidation sites excluding steroid dienone is 2. The normalized spacial score (nSPS) is 28.8. The molecular formula is C11H18O. The lowest BCUT2D eigenvalue weighted by molar-refractivity contribution is -0.106. The third-order valence-corrected chi connectivity index (χ3v) is 2.82. The van der Waals surface area contributed by atoms with E-state index in [1.165, 1.54) is 5.57 Å². The van der Waals surface area contributed by atoms with Crippen LogP contribution in [0, 0.1) is 11.3 Å². The Morgan fingerprint density at radius 1 is 1.50 bits per heavy atom. The molecule has 1 nitrogen and oxygen atoms in total. The van der Waals surface area contributed by atoms with Crippen LogP contribution in [0.25, 0.3) is 0 Å². The average molecular weight is 166 g/mol. The van der Waals surface area contributed by atoms with Crippen LogP contribution in [0.2, 0.25) is 0 Å². The number of carbonyl (C=O) groups excluding carboxylic acids is 1. The maximum absolute atomic E-state index is 10.8. The summed E-state index contributed by atoms with van der Waals surface area (Å²) >= 11 is 0. The lowest BCUT2D eigenvalue weighted by atomic mass is 9.69. The molecule has 0 bridgehead atoms. The van der Waals surface area contributed by atoms with Gasteiger partial charge in [-0.2, -0.15) is 0 Å². The molecule has 0 spiro atoms. The van der Waals surface area contributed by atoms with Gasteiger partial charge in [-0.1, -0.05) is 26.3 Å². The number of rotatable bonds is 1. The summed E-state index contributed by atoms with van der Waals surface area (Å²) in [6, 6.07) is 0. The minimum atomic E-state index is 0.101. The molecule has 1 rings (SSSR count). The van der Waals surface area contributed by atoms with Crippen LogP contribution in [0.5, 0.6) is 0 Å². The van der Waals surface area contributed by atoms with Gasteiger partial charge in [0.2, 0.25) is 0 Å². The first-order valence-electron chi connectivity index (χ1n) is 4.63. The third-order valence-electron chi connectivity index (χ3n) is 2.82. The van der Waals surface area contributed by atoms with Crippen LogP contribution < -0.4 is 0 Å². The van der Waals surface area contributed by atoms with E-state index in [0.29, 0.717) is 0 Å². The van der Waals surface area contributed by atoms with Crippen LogP contribution in [0.4, 0.5) is 0 Å². The van der Waals surface area contributed by atoms with E-state index in [1.54, 1.807) is 0 Å². The first-order valence-corrected chi connectivity index (χ1v) is 4.63. The zero-order valence-electron chi connectivity index (χ0n) is 8.48. The van der Waals surface area contributed by atoms with Crippen molar-refractivity contribution in [1.82, 2.24) is 0 Å². The Kier molecular flexibility index (Phi) is 2.41. The SMILES string of the molecule is CC1=C(C=O)C(C)(C)C[C@H](C)C1. The van der Waals surface area contributed by atoms with E-state index >= 15 is 0 Å². The summed E-state index contributed by atoms with van der Waals surface area (Å²) < 4.78 is 0. The van der Waals surface area contributed by atoms with Crippen molar-refractivity contribution in [3.63, 3.8) is 0 Å². The molecule has 1 aliphatic carbocycles. The van der Waals surface area contributed by atoms with Crippen LogP contribution in [-0.4, -0.2) is 6.29 Å². The highest BCUT2D eigenvalue weighted by molar-refractivity contribution is 5.76. The van der Waals surface area contributed by atoms with Gasteiger partial charge in [-0.05, 0) is 36.7 Å². The van der Waals surface area contributed by atoms with Gasteiger partial charge in [0.1, 0.15) is 6.29 Å². The third kappa shape index (κ3) is 1.60. The molecule has 1 atom stereocenters. The van der Waals surface area contributed by atoms with Crippen molar-refractivity contribution in [1.29, 1.82) is 0 Å². The number of hydrogen-bond donors (Lipinski definition) is 0. The highest BCUT2D eigenvalue weighted by Gasteiger charge is 2.31. The van der Waals surface area contributed by atoms with E-state index in [0.717, 1.165) is 30.6 Å². The molecule has 0 aromatic heterocycles. The average Bonchev–Trinajstić information content (AvgIpc) is 1.82. The van der Waals surface area contributed by atoms with Crippen molar-refractivity contribution in [2.75, 3.05) is 0 Å². The predicted molar refractivity (Wildman–Crippen MR) is 50.9 cm³/mol. The summed E-state index contributed by atoms with van der Waals surface area (Å²) in [5.41, 5.74) is 2.41. The van der Waals surface area contributed by atoms with Gasteiger partial charge in [0.05, 0.1) is 0 Å². The second-order valence-corrected chi connectivity index (χ2v) is 4.71. The highest BCUT2D eigenvalue weighted by atomic mass is 16.1. The van der Waals surface area contributed by atoms with Crippen LogP contribution >= 0.6 is 0 Å². The highest BCUT2D eigenvalue weighted by Crippen LogP contribution is 2.41. The van der Waals surface area contributed by atoms with Gasteiger partial charge in [-0.3, -0.25) is 4.79 Å². The first-order chi connectivity index (χ1) is 5.47. The maximum Gasteiger partial charge on any atom is 0.146 e. The fraction of sp³-hybridized carbons (Fsp3) is 0.727. The van der Waals surface area contributed by atoms with Crippen molar-refractivity contribution in [2.24, 2.45) is 11.3 Å². The first kappa shape index (κ1) is 9.50. The van der Waals surface area contributed by atoms with Crippen molar-refractivity contribution in [2.45, 2.75) is 40.5 Å². The van der Waals surface area contributed by atoms with Crippen molar-refractivity contribution >= 4 is 6.29 Å². The molecule has 0 amide bonds. The molecule has 0 saturated heterocycles. The van der Waals surface area contributed by atoms with Crippen LogP contribution in [0.15, 0.2) is 11.1 Å². The molecule has 0 N–H and O–H groups in total. The zero-order valence-corrected chi connectivity index (χ0v) is 8.48. The molecule has 1 aliphatic rings. The van der Waals surface area contributed by atoms with E-state index in [9.17, 15) is 4.79 Å². The number of hydrogen-bond acceptors (Lipinski definition) is 1. The van der Waals surface area contributed by atoms with Crippen molar-refractivity contribution in [3.8, 4) is 0 Å². The lowest BCUT2D eigenvalue weighted by Gasteiger charge is -2.35. The smallest absolute Gasteiger partial charge is 0.146 e. The van der Waals surface area contributed by atoms with E-state index in [2.05, 4.69) is 27.7 Å². The maximum atomic E-state index is 10.8. The molecule has 0 saturated carbocycles. The topological polar surface area (TPSA) is 17.1 Å². The quantitative estimate of drug-likeness (QED) is 0.547.